The average Bonchev–Trinajstić information content (AvgIpc) is 2.17. The van der Waals surface area contributed by atoms with Gasteiger partial charge >= 0.3 is 5.97 Å². The van der Waals surface area contributed by atoms with Crippen LogP contribution in [0.3, 0.4) is 0 Å². The van der Waals surface area contributed by atoms with E-state index in [0.717, 1.165) is 42.5 Å². The van der Waals surface area contributed by atoms with E-state index >= 15 is 0 Å². The summed E-state index contributed by atoms with van der Waals surface area (Å²) in [5.41, 5.74) is 3.40. The first-order valence-corrected chi connectivity index (χ1v) is 5.81. The van der Waals surface area contributed by atoms with E-state index in [4.69, 9.17) is 5.11 Å². The number of nitrogens with zero attached hydrogens (tertiary/aromatic N) is 1. The number of carboxylic acids is 1. The Morgan fingerprint density at radius 1 is 1.40 bits per heavy atom. The maximum Gasteiger partial charge on any atom is 0.338 e. The number of aromatic nitrogens is 1. The van der Waals surface area contributed by atoms with E-state index in [1.165, 1.54) is 0 Å². The summed E-state index contributed by atoms with van der Waals surface area (Å²) in [4.78, 5) is 15.4. The van der Waals surface area contributed by atoms with Crippen molar-refractivity contribution in [2.75, 3.05) is 0 Å². The number of pyridine rings is 1. The molecule has 0 spiro atoms. The van der Waals surface area contributed by atoms with Crippen LogP contribution in [-0.2, 0) is 12.8 Å². The van der Waals surface area contributed by atoms with E-state index in [1.807, 2.05) is 6.92 Å². The van der Waals surface area contributed by atoms with Gasteiger partial charge in [0.2, 0.25) is 0 Å². The number of aryl methyl sites for hydroxylation is 1. The van der Waals surface area contributed by atoms with Crippen LogP contribution >= 0.6 is 15.9 Å². The van der Waals surface area contributed by atoms with Crippen molar-refractivity contribution in [3.63, 3.8) is 0 Å². The number of hydrogen-bond acceptors (Lipinski definition) is 2. The number of carboxylic acid groups (broad SMARTS) is 1. The molecule has 3 nitrogen and oxygen atoms in total. The minimum Gasteiger partial charge on any atom is -0.478 e. The van der Waals surface area contributed by atoms with E-state index in [2.05, 4.69) is 20.9 Å². The molecule has 1 aromatic rings. The number of hydrogen-bond donors (Lipinski definition) is 1. The zero-order valence-corrected chi connectivity index (χ0v) is 10.1. The molecule has 0 saturated carbocycles. The van der Waals surface area contributed by atoms with E-state index in [1.54, 1.807) is 0 Å². The summed E-state index contributed by atoms with van der Waals surface area (Å²) in [5, 5.41) is 9.08. The third kappa shape index (κ3) is 1.78. The fourth-order valence-corrected chi connectivity index (χ4v) is 2.83. The van der Waals surface area contributed by atoms with Crippen LogP contribution in [0.15, 0.2) is 4.60 Å². The first-order chi connectivity index (χ1) is 7.11. The van der Waals surface area contributed by atoms with Crippen LogP contribution < -0.4 is 0 Å². The van der Waals surface area contributed by atoms with Gasteiger partial charge in [0.15, 0.2) is 0 Å². The van der Waals surface area contributed by atoms with Crippen LogP contribution in [0.25, 0.3) is 0 Å². The summed E-state index contributed by atoms with van der Waals surface area (Å²) in [7, 11) is 0. The second-order valence-corrected chi connectivity index (χ2v) is 4.59. The largest absolute Gasteiger partial charge is 0.478 e. The van der Waals surface area contributed by atoms with E-state index in [-0.39, 0.29) is 0 Å². The highest BCUT2D eigenvalue weighted by Gasteiger charge is 2.21. The van der Waals surface area contributed by atoms with E-state index < -0.39 is 5.97 Å². The minimum atomic E-state index is -0.903. The Morgan fingerprint density at radius 3 is 2.73 bits per heavy atom. The Labute approximate surface area is 96.7 Å². The zero-order chi connectivity index (χ0) is 11.0. The van der Waals surface area contributed by atoms with Gasteiger partial charge in [0, 0.05) is 5.69 Å². The lowest BCUT2D eigenvalue weighted by molar-refractivity contribution is 0.0694. The number of fused-ring (bicyclic) bond motifs is 1. The molecule has 1 N–H and O–H groups in total. The highest BCUT2D eigenvalue weighted by Crippen LogP contribution is 2.29. The molecule has 15 heavy (non-hydrogen) atoms. The Hall–Kier alpha value is -0.900. The molecule has 1 heterocycles. The van der Waals surface area contributed by atoms with Crippen molar-refractivity contribution in [2.45, 2.75) is 32.6 Å². The van der Waals surface area contributed by atoms with Gasteiger partial charge in [-0.3, -0.25) is 0 Å². The van der Waals surface area contributed by atoms with Gasteiger partial charge in [0.25, 0.3) is 0 Å². The van der Waals surface area contributed by atoms with Gasteiger partial charge < -0.3 is 5.11 Å². The number of halogens is 1. The molecule has 2 rings (SSSR count). The normalized spacial score (nSPS) is 14.8. The van der Waals surface area contributed by atoms with Crippen LogP contribution in [0, 0.1) is 6.92 Å². The molecule has 1 aliphatic rings. The van der Waals surface area contributed by atoms with Crippen molar-refractivity contribution in [1.29, 1.82) is 0 Å². The molecular formula is C11H12BrNO2. The van der Waals surface area contributed by atoms with Crippen LogP contribution in [0.2, 0.25) is 0 Å². The Kier molecular flexibility index (Phi) is 2.78. The number of aromatic carboxylic acids is 1. The second kappa shape index (κ2) is 3.93. The fourth-order valence-electron chi connectivity index (χ4n) is 2.15. The van der Waals surface area contributed by atoms with Gasteiger partial charge in [-0.25, -0.2) is 9.78 Å². The summed E-state index contributed by atoms with van der Waals surface area (Å²) in [5.74, 6) is -0.903. The fraction of sp³-hybridized carbons (Fsp3) is 0.455. The predicted octanol–water partition coefficient (Wildman–Crippen LogP) is 2.73. The molecular weight excluding hydrogens is 258 g/mol. The maximum absolute atomic E-state index is 11.1. The predicted molar refractivity (Wildman–Crippen MR) is 60.3 cm³/mol. The van der Waals surface area contributed by atoms with Crippen molar-refractivity contribution in [3.05, 3.63) is 27.0 Å². The molecule has 0 fully saturated rings. The molecule has 0 radical (unpaired) electrons. The first kappa shape index (κ1) is 10.6. The molecule has 0 amide bonds. The van der Waals surface area contributed by atoms with E-state index in [0.29, 0.717) is 10.2 Å². The smallest absolute Gasteiger partial charge is 0.338 e. The summed E-state index contributed by atoms with van der Waals surface area (Å²) < 4.78 is 0.466. The molecule has 0 bridgehead atoms. The van der Waals surface area contributed by atoms with E-state index in [9.17, 15) is 4.79 Å². The average molecular weight is 270 g/mol. The highest BCUT2D eigenvalue weighted by atomic mass is 79.9. The Morgan fingerprint density at radius 2 is 2.07 bits per heavy atom. The van der Waals surface area contributed by atoms with Crippen molar-refractivity contribution < 1.29 is 9.90 Å². The van der Waals surface area contributed by atoms with Crippen LogP contribution in [0.5, 0.6) is 0 Å². The van der Waals surface area contributed by atoms with Crippen LogP contribution in [0.1, 0.15) is 40.0 Å². The van der Waals surface area contributed by atoms with Crippen LogP contribution in [0.4, 0.5) is 0 Å². The standard InChI is InChI=1S/C11H12BrNO2/c1-6-7-4-2-3-5-8(7)13-10(12)9(6)11(14)15/h2-5H2,1H3,(H,14,15). The summed E-state index contributed by atoms with van der Waals surface area (Å²) in [6.07, 6.45) is 4.21. The van der Waals surface area contributed by atoms with Gasteiger partial charge in [-0.2, -0.15) is 0 Å². The minimum absolute atomic E-state index is 0.315. The van der Waals surface area contributed by atoms with Crippen molar-refractivity contribution >= 4 is 21.9 Å². The summed E-state index contributed by atoms with van der Waals surface area (Å²) >= 11 is 3.23. The quantitative estimate of drug-likeness (QED) is 0.798. The molecule has 0 saturated heterocycles. The Balaban J connectivity index is 2.64. The Bertz CT molecular complexity index is 429. The highest BCUT2D eigenvalue weighted by molar-refractivity contribution is 9.10. The SMILES string of the molecule is Cc1c2c(nc(Br)c1C(=O)O)CCCC2. The van der Waals surface area contributed by atoms with Gasteiger partial charge in [-0.05, 0) is 59.7 Å². The molecule has 1 aliphatic carbocycles. The zero-order valence-electron chi connectivity index (χ0n) is 8.51. The molecule has 0 atom stereocenters. The van der Waals surface area contributed by atoms with Crippen molar-refractivity contribution in [3.8, 4) is 0 Å². The third-order valence-electron chi connectivity index (χ3n) is 2.92. The van der Waals surface area contributed by atoms with Crippen molar-refractivity contribution in [1.82, 2.24) is 4.98 Å². The molecule has 0 aromatic carbocycles. The lowest BCUT2D eigenvalue weighted by Gasteiger charge is -2.19. The number of carbonyl (C=O) groups is 1. The summed E-state index contributed by atoms with van der Waals surface area (Å²) in [6, 6.07) is 0. The van der Waals surface area contributed by atoms with Gasteiger partial charge in [-0.15, -0.1) is 0 Å². The van der Waals surface area contributed by atoms with Gasteiger partial charge in [0.1, 0.15) is 4.60 Å². The van der Waals surface area contributed by atoms with Crippen molar-refractivity contribution in [2.24, 2.45) is 0 Å². The lowest BCUT2D eigenvalue weighted by Crippen LogP contribution is -2.13. The lowest BCUT2D eigenvalue weighted by atomic mass is 9.91. The molecule has 0 aliphatic heterocycles. The summed E-state index contributed by atoms with van der Waals surface area (Å²) in [6.45, 7) is 1.88. The molecule has 4 heteroatoms. The van der Waals surface area contributed by atoms with Crippen LogP contribution in [-0.4, -0.2) is 16.1 Å². The topological polar surface area (TPSA) is 50.2 Å². The first-order valence-electron chi connectivity index (χ1n) is 5.02. The molecule has 0 unspecified atom stereocenters. The number of rotatable bonds is 1. The van der Waals surface area contributed by atoms with Gasteiger partial charge in [-0.1, -0.05) is 0 Å². The monoisotopic (exact) mass is 269 g/mol. The molecule has 1 aromatic heterocycles. The second-order valence-electron chi connectivity index (χ2n) is 3.84. The molecule has 80 valence electrons. The maximum atomic E-state index is 11.1. The van der Waals surface area contributed by atoms with Gasteiger partial charge in [0.05, 0.1) is 5.56 Å². The third-order valence-corrected chi connectivity index (χ3v) is 3.49.